The Balaban J connectivity index is 1.87. The number of amides is 2. The molecule has 0 heterocycles. The summed E-state index contributed by atoms with van der Waals surface area (Å²) in [6.07, 6.45) is 0. The predicted molar refractivity (Wildman–Crippen MR) is 114 cm³/mol. The number of quaternary nitrogens is 1. The Kier molecular flexibility index (Phi) is 7.87. The summed E-state index contributed by atoms with van der Waals surface area (Å²) in [6.45, 7) is 7.54. The number of nitrogens with one attached hydrogen (secondary N) is 2. The molecule has 0 bridgehead atoms. The van der Waals surface area contributed by atoms with Gasteiger partial charge in [-0.25, -0.2) is 0 Å². The molecule has 0 aliphatic rings. The van der Waals surface area contributed by atoms with E-state index < -0.39 is 0 Å². The van der Waals surface area contributed by atoms with Crippen LogP contribution in [0.5, 0.6) is 0 Å². The van der Waals surface area contributed by atoms with Gasteiger partial charge in [0.2, 0.25) is 5.91 Å². The quantitative estimate of drug-likeness (QED) is 0.639. The molecule has 0 spiro atoms. The fourth-order valence-corrected chi connectivity index (χ4v) is 3.60. The second-order valence-electron chi connectivity index (χ2n) is 6.97. The number of hydrogen-bond acceptors (Lipinski definition) is 2. The third kappa shape index (κ3) is 5.96. The van der Waals surface area contributed by atoms with Gasteiger partial charge in [-0.2, -0.15) is 0 Å². The van der Waals surface area contributed by atoms with Crippen LogP contribution >= 0.6 is 23.2 Å². The third-order valence-corrected chi connectivity index (χ3v) is 5.18. The maximum absolute atomic E-state index is 12.4. The molecule has 0 aromatic heterocycles. The van der Waals surface area contributed by atoms with Crippen molar-refractivity contribution in [2.24, 2.45) is 0 Å². The first-order valence-electron chi connectivity index (χ1n) is 9.12. The van der Waals surface area contributed by atoms with Gasteiger partial charge < -0.3 is 16.0 Å². The van der Waals surface area contributed by atoms with Crippen LogP contribution in [0.3, 0.4) is 0 Å². The van der Waals surface area contributed by atoms with E-state index >= 15 is 0 Å². The highest BCUT2D eigenvalue weighted by atomic mass is 35.5. The molecule has 0 saturated heterocycles. The summed E-state index contributed by atoms with van der Waals surface area (Å²) in [5.74, 6) is -0.472. The molecule has 2 amide bonds. The molecule has 5 nitrogen and oxygen atoms in total. The van der Waals surface area contributed by atoms with E-state index in [0.717, 1.165) is 22.4 Å². The Hall–Kier alpha value is -2.08. The van der Waals surface area contributed by atoms with E-state index in [1.807, 2.05) is 50.4 Å². The van der Waals surface area contributed by atoms with Crippen molar-refractivity contribution in [3.05, 3.63) is 63.1 Å². The number of halogens is 2. The van der Waals surface area contributed by atoms with Gasteiger partial charge in [-0.05, 0) is 51.0 Å². The fraction of sp³-hybridized carbons (Fsp3) is 0.333. The molecule has 0 saturated carbocycles. The Bertz CT molecular complexity index is 850. The summed E-state index contributed by atoms with van der Waals surface area (Å²) >= 11 is 12.2. The minimum atomic E-state index is -0.380. The zero-order valence-corrected chi connectivity index (χ0v) is 18.0. The van der Waals surface area contributed by atoms with Crippen molar-refractivity contribution in [1.82, 2.24) is 5.32 Å². The van der Waals surface area contributed by atoms with Gasteiger partial charge in [0.1, 0.15) is 6.04 Å². The minimum Gasteiger partial charge on any atom is -0.342 e. The molecule has 0 aliphatic carbocycles. The van der Waals surface area contributed by atoms with E-state index in [4.69, 9.17) is 23.2 Å². The molecule has 2 atom stereocenters. The molecule has 2 rings (SSSR count). The highest BCUT2D eigenvalue weighted by Gasteiger charge is 2.22. The fourth-order valence-electron chi connectivity index (χ4n) is 3.02. The Morgan fingerprint density at radius 2 is 1.71 bits per heavy atom. The van der Waals surface area contributed by atoms with Crippen molar-refractivity contribution in [3.63, 3.8) is 0 Å². The van der Waals surface area contributed by atoms with Crippen molar-refractivity contribution in [2.75, 3.05) is 11.9 Å². The number of rotatable bonds is 7. The number of hydrogen-bond donors (Lipinski definition) is 3. The maximum Gasteiger partial charge on any atom is 0.278 e. The Morgan fingerprint density at radius 1 is 1.07 bits per heavy atom. The van der Waals surface area contributed by atoms with E-state index in [0.29, 0.717) is 10.0 Å². The second-order valence-corrected chi connectivity index (χ2v) is 7.81. The summed E-state index contributed by atoms with van der Waals surface area (Å²) in [7, 11) is 0. The van der Waals surface area contributed by atoms with Gasteiger partial charge in [0.15, 0.2) is 6.04 Å². The molecule has 0 fully saturated rings. The number of para-hydroxylation sites is 1. The summed E-state index contributed by atoms with van der Waals surface area (Å²) < 4.78 is 0. The van der Waals surface area contributed by atoms with Crippen LogP contribution in [0.15, 0.2) is 36.4 Å². The summed E-state index contributed by atoms with van der Waals surface area (Å²) in [5, 5.41) is 8.58. The van der Waals surface area contributed by atoms with E-state index in [-0.39, 0.29) is 30.4 Å². The topological polar surface area (TPSA) is 74.8 Å². The normalized spacial score (nSPS) is 12.9. The van der Waals surface area contributed by atoms with Crippen molar-refractivity contribution in [2.45, 2.75) is 39.8 Å². The number of carbonyl (C=O) groups excluding carboxylic acids is 2. The lowest BCUT2D eigenvalue weighted by molar-refractivity contribution is -0.710. The van der Waals surface area contributed by atoms with Crippen LogP contribution in [-0.4, -0.2) is 24.4 Å². The molecular formula is C21H26Cl2N3O2+. The lowest BCUT2D eigenvalue weighted by Crippen LogP contribution is -2.92. The van der Waals surface area contributed by atoms with Gasteiger partial charge in [0.05, 0.1) is 11.6 Å². The number of anilines is 1. The van der Waals surface area contributed by atoms with Crippen molar-refractivity contribution in [1.29, 1.82) is 0 Å². The minimum absolute atomic E-state index is 0.0334. The van der Waals surface area contributed by atoms with Crippen LogP contribution in [0.1, 0.15) is 36.6 Å². The van der Waals surface area contributed by atoms with Crippen molar-refractivity contribution >= 4 is 40.7 Å². The highest BCUT2D eigenvalue weighted by Crippen LogP contribution is 2.24. The Labute approximate surface area is 175 Å². The monoisotopic (exact) mass is 422 g/mol. The van der Waals surface area contributed by atoms with Gasteiger partial charge in [0, 0.05) is 16.3 Å². The smallest absolute Gasteiger partial charge is 0.278 e. The summed E-state index contributed by atoms with van der Waals surface area (Å²) in [5.41, 5.74) is 3.65. The standard InChI is InChI=1S/C21H25Cl2N3O2/c1-12-6-5-7-13(2)20(12)26-19(27)11-24-21(28)15(4)25-14(3)17-9-8-16(22)10-18(17)23/h5-10,14-15,25H,11H2,1-4H3,(H,24,28)(H,26,27)/p+1/t14-,15+/m0/s1. The summed E-state index contributed by atoms with van der Waals surface area (Å²) in [6, 6.07) is 10.7. The average Bonchev–Trinajstić information content (AvgIpc) is 2.62. The van der Waals surface area contributed by atoms with E-state index in [2.05, 4.69) is 10.6 Å². The molecule has 0 aliphatic heterocycles. The maximum atomic E-state index is 12.4. The number of benzene rings is 2. The highest BCUT2D eigenvalue weighted by molar-refractivity contribution is 6.35. The van der Waals surface area contributed by atoms with Crippen LogP contribution in [0.2, 0.25) is 10.0 Å². The molecule has 2 aromatic rings. The van der Waals surface area contributed by atoms with Gasteiger partial charge in [-0.15, -0.1) is 0 Å². The first kappa shape index (κ1) is 22.2. The first-order chi connectivity index (χ1) is 13.2. The molecule has 0 unspecified atom stereocenters. The SMILES string of the molecule is Cc1cccc(C)c1NC(=O)CNC(=O)[C@@H](C)[NH2+][C@@H](C)c1ccc(Cl)cc1Cl. The van der Waals surface area contributed by atoms with Crippen LogP contribution in [-0.2, 0) is 9.59 Å². The molecule has 7 heteroatoms. The molecule has 4 N–H and O–H groups in total. The van der Waals surface area contributed by atoms with E-state index in [1.54, 1.807) is 19.1 Å². The number of nitrogens with two attached hydrogens (primary N) is 1. The summed E-state index contributed by atoms with van der Waals surface area (Å²) in [4.78, 5) is 24.6. The van der Waals surface area contributed by atoms with Crippen LogP contribution in [0, 0.1) is 13.8 Å². The zero-order chi connectivity index (χ0) is 20.8. The van der Waals surface area contributed by atoms with Gasteiger partial charge in [-0.1, -0.05) is 47.5 Å². The molecule has 150 valence electrons. The molecule has 0 radical (unpaired) electrons. The number of carbonyl (C=O) groups is 2. The Morgan fingerprint density at radius 3 is 2.32 bits per heavy atom. The van der Waals surface area contributed by atoms with Crippen LogP contribution in [0.4, 0.5) is 5.69 Å². The zero-order valence-electron chi connectivity index (χ0n) is 16.5. The van der Waals surface area contributed by atoms with Gasteiger partial charge in [0.25, 0.3) is 5.91 Å². The van der Waals surface area contributed by atoms with Crippen molar-refractivity contribution in [3.8, 4) is 0 Å². The number of aryl methyl sites for hydroxylation is 2. The lowest BCUT2D eigenvalue weighted by atomic mass is 10.1. The van der Waals surface area contributed by atoms with Crippen molar-refractivity contribution < 1.29 is 14.9 Å². The largest absolute Gasteiger partial charge is 0.342 e. The molecule has 2 aromatic carbocycles. The van der Waals surface area contributed by atoms with Gasteiger partial charge in [-0.3, -0.25) is 9.59 Å². The predicted octanol–water partition coefficient (Wildman–Crippen LogP) is 3.38. The second kappa shape index (κ2) is 9.92. The molecule has 28 heavy (non-hydrogen) atoms. The van der Waals surface area contributed by atoms with E-state index in [9.17, 15) is 9.59 Å². The average molecular weight is 423 g/mol. The van der Waals surface area contributed by atoms with E-state index in [1.165, 1.54) is 0 Å². The first-order valence-corrected chi connectivity index (χ1v) is 9.88. The van der Waals surface area contributed by atoms with Crippen LogP contribution < -0.4 is 16.0 Å². The van der Waals surface area contributed by atoms with Gasteiger partial charge >= 0.3 is 0 Å². The molecular weight excluding hydrogens is 397 g/mol. The van der Waals surface area contributed by atoms with Crippen LogP contribution in [0.25, 0.3) is 0 Å². The third-order valence-electron chi connectivity index (χ3n) is 4.61. The lowest BCUT2D eigenvalue weighted by Gasteiger charge is -2.18.